The number of aryl methyl sites for hydroxylation is 1. The molecule has 1 aliphatic carbocycles. The SMILES string of the molecule is CCCc1ccnc(NC(=O)c2ccc(C3=NC([C@@H]4CCN(C(=O)/C=C/CN(C)C5CC5)C4)c4ncnc(N)c43)cc2)c1. The van der Waals surface area contributed by atoms with E-state index in [-0.39, 0.29) is 23.8 Å². The Morgan fingerprint density at radius 2 is 1.93 bits per heavy atom. The number of carbonyl (C=O) groups is 2. The lowest BCUT2D eigenvalue weighted by molar-refractivity contribution is -0.125. The maximum absolute atomic E-state index is 13.0. The molecular weight excluding hydrogens is 540 g/mol. The topological polar surface area (TPSA) is 130 Å². The number of likely N-dealkylation sites (N-methyl/N-ethyl adjacent to an activating group) is 1. The van der Waals surface area contributed by atoms with Crippen LogP contribution in [0.15, 0.2) is 66.1 Å². The van der Waals surface area contributed by atoms with Crippen LogP contribution in [0.1, 0.15) is 71.4 Å². The summed E-state index contributed by atoms with van der Waals surface area (Å²) in [7, 11) is 2.10. The summed E-state index contributed by atoms with van der Waals surface area (Å²) in [5.41, 5.74) is 11.1. The van der Waals surface area contributed by atoms with E-state index in [2.05, 4.69) is 39.1 Å². The van der Waals surface area contributed by atoms with Crippen LogP contribution in [0.5, 0.6) is 0 Å². The van der Waals surface area contributed by atoms with Gasteiger partial charge in [-0.3, -0.25) is 19.5 Å². The molecule has 3 aromatic rings. The lowest BCUT2D eigenvalue weighted by atomic mass is 9.94. The van der Waals surface area contributed by atoms with Crippen LogP contribution in [-0.4, -0.2) is 75.0 Å². The van der Waals surface area contributed by atoms with Gasteiger partial charge in [-0.1, -0.05) is 31.6 Å². The number of carbonyl (C=O) groups excluding carboxylic acids is 2. The smallest absolute Gasteiger partial charge is 0.256 e. The Hall–Kier alpha value is -4.44. The third kappa shape index (κ3) is 6.34. The summed E-state index contributed by atoms with van der Waals surface area (Å²) >= 11 is 0. The molecule has 0 spiro atoms. The number of nitrogen functional groups attached to an aromatic ring is 1. The van der Waals surface area contributed by atoms with Crippen molar-refractivity contribution in [2.75, 3.05) is 37.7 Å². The number of aliphatic imine (C=N–C) groups is 1. The lowest BCUT2D eigenvalue weighted by Crippen LogP contribution is -2.28. The van der Waals surface area contributed by atoms with Crippen molar-refractivity contribution in [2.24, 2.45) is 10.9 Å². The number of nitrogens with one attached hydrogen (secondary N) is 1. The average Bonchev–Trinajstić information content (AvgIpc) is 3.62. The highest BCUT2D eigenvalue weighted by Crippen LogP contribution is 2.41. The molecule has 6 rings (SSSR count). The van der Waals surface area contributed by atoms with Crippen LogP contribution in [0.25, 0.3) is 0 Å². The standard InChI is InChI=1S/C33H38N8O2/c1-3-5-21-13-15-35-26(18-21)38-33(43)23-9-7-22(8-10-23)29-28-31(36-20-37-32(28)34)30(39-29)24-14-17-41(19-24)27(42)6-4-16-40(2)25-11-12-25/h4,6-10,13,15,18,20,24-25,30H,3,5,11-12,14,16-17,19H2,1-2H3,(H2,34,36,37)(H,35,38,43)/b6-4+/t24-,30?/m1/s1. The van der Waals surface area contributed by atoms with Crippen molar-refractivity contribution in [1.29, 1.82) is 0 Å². The maximum Gasteiger partial charge on any atom is 0.256 e. The van der Waals surface area contributed by atoms with Gasteiger partial charge in [0.25, 0.3) is 5.91 Å². The Morgan fingerprint density at radius 1 is 1.12 bits per heavy atom. The molecule has 4 heterocycles. The van der Waals surface area contributed by atoms with E-state index in [1.807, 2.05) is 35.2 Å². The van der Waals surface area contributed by atoms with Crippen molar-refractivity contribution in [3.05, 3.63) is 89.0 Å². The molecule has 43 heavy (non-hydrogen) atoms. The fourth-order valence-electron chi connectivity index (χ4n) is 5.98. The van der Waals surface area contributed by atoms with Gasteiger partial charge in [-0.2, -0.15) is 0 Å². The summed E-state index contributed by atoms with van der Waals surface area (Å²) in [5, 5.41) is 2.89. The number of amides is 2. The van der Waals surface area contributed by atoms with Gasteiger partial charge in [-0.05, 0) is 62.6 Å². The third-order valence-corrected chi connectivity index (χ3v) is 8.52. The molecule has 0 radical (unpaired) electrons. The van der Waals surface area contributed by atoms with E-state index in [0.29, 0.717) is 42.0 Å². The van der Waals surface area contributed by atoms with E-state index in [9.17, 15) is 9.59 Å². The van der Waals surface area contributed by atoms with Crippen molar-refractivity contribution in [3.8, 4) is 0 Å². The predicted octanol–water partition coefficient (Wildman–Crippen LogP) is 4.05. The number of likely N-dealkylation sites (tertiary alicyclic amines) is 1. The number of fused-ring (bicyclic) bond motifs is 1. The van der Waals surface area contributed by atoms with Crippen LogP contribution in [-0.2, 0) is 11.2 Å². The van der Waals surface area contributed by atoms with Gasteiger partial charge in [-0.25, -0.2) is 15.0 Å². The molecule has 2 atom stereocenters. The molecule has 10 nitrogen and oxygen atoms in total. The average molecular weight is 579 g/mol. The van der Waals surface area contributed by atoms with Crippen molar-refractivity contribution < 1.29 is 9.59 Å². The largest absolute Gasteiger partial charge is 0.383 e. The Labute approximate surface area is 252 Å². The number of anilines is 2. The molecule has 0 bridgehead atoms. The van der Waals surface area contributed by atoms with Gasteiger partial charge in [0.15, 0.2) is 0 Å². The van der Waals surface area contributed by atoms with Gasteiger partial charge in [0, 0.05) is 55.0 Å². The van der Waals surface area contributed by atoms with Crippen molar-refractivity contribution >= 4 is 29.2 Å². The molecule has 1 saturated heterocycles. The van der Waals surface area contributed by atoms with Crippen LogP contribution in [0.3, 0.4) is 0 Å². The molecule has 1 aromatic carbocycles. The lowest BCUT2D eigenvalue weighted by Gasteiger charge is -2.18. The first-order chi connectivity index (χ1) is 20.9. The van der Waals surface area contributed by atoms with Gasteiger partial charge in [0.05, 0.1) is 23.0 Å². The molecule has 2 amide bonds. The van der Waals surface area contributed by atoms with Gasteiger partial charge < -0.3 is 16.0 Å². The highest BCUT2D eigenvalue weighted by atomic mass is 16.2. The summed E-state index contributed by atoms with van der Waals surface area (Å²) in [6.45, 7) is 4.20. The fourth-order valence-corrected chi connectivity index (χ4v) is 5.98. The normalized spacial score (nSPS) is 19.6. The summed E-state index contributed by atoms with van der Waals surface area (Å²) < 4.78 is 0. The zero-order valence-corrected chi connectivity index (χ0v) is 24.7. The minimum Gasteiger partial charge on any atom is -0.383 e. The molecule has 3 N–H and O–H groups in total. The summed E-state index contributed by atoms with van der Waals surface area (Å²) in [4.78, 5) is 48.3. The molecule has 1 unspecified atom stereocenters. The quantitative estimate of drug-likeness (QED) is 0.347. The molecular formula is C33H38N8O2. The third-order valence-electron chi connectivity index (χ3n) is 8.52. The second kappa shape index (κ2) is 12.4. The Kier molecular flexibility index (Phi) is 8.29. The highest BCUT2D eigenvalue weighted by Gasteiger charge is 2.39. The molecule has 2 aromatic heterocycles. The summed E-state index contributed by atoms with van der Waals surface area (Å²) in [6, 6.07) is 11.6. The Bertz CT molecular complexity index is 1560. The van der Waals surface area contributed by atoms with E-state index in [1.54, 1.807) is 24.4 Å². The fraction of sp³-hybridized carbons (Fsp3) is 0.394. The number of hydrogen-bond acceptors (Lipinski definition) is 8. The van der Waals surface area contributed by atoms with Crippen LogP contribution in [0.2, 0.25) is 0 Å². The first-order valence-electron chi connectivity index (χ1n) is 15.1. The molecule has 2 aliphatic heterocycles. The van der Waals surface area contributed by atoms with E-state index in [4.69, 9.17) is 10.7 Å². The number of nitrogens with zero attached hydrogens (tertiary/aromatic N) is 6. The van der Waals surface area contributed by atoms with Crippen LogP contribution < -0.4 is 11.1 Å². The van der Waals surface area contributed by atoms with Gasteiger partial charge in [-0.15, -0.1) is 0 Å². The Balaban J connectivity index is 1.15. The van der Waals surface area contributed by atoms with E-state index in [1.165, 1.54) is 19.2 Å². The van der Waals surface area contributed by atoms with Crippen LogP contribution in [0, 0.1) is 5.92 Å². The van der Waals surface area contributed by atoms with Gasteiger partial charge >= 0.3 is 0 Å². The van der Waals surface area contributed by atoms with Crippen molar-refractivity contribution in [3.63, 3.8) is 0 Å². The highest BCUT2D eigenvalue weighted by molar-refractivity contribution is 6.18. The number of benzene rings is 1. The minimum absolute atomic E-state index is 0.0393. The number of nitrogens with two attached hydrogens (primary N) is 1. The first kappa shape index (κ1) is 28.7. The van der Waals surface area contributed by atoms with Gasteiger partial charge in [0.2, 0.25) is 5.91 Å². The number of aromatic nitrogens is 3. The first-order valence-corrected chi connectivity index (χ1v) is 15.1. The molecule has 1 saturated carbocycles. The number of rotatable bonds is 10. The van der Waals surface area contributed by atoms with Gasteiger partial charge in [0.1, 0.15) is 18.0 Å². The second-order valence-electron chi connectivity index (χ2n) is 11.7. The van der Waals surface area contributed by atoms with E-state index < -0.39 is 0 Å². The molecule has 10 heteroatoms. The summed E-state index contributed by atoms with van der Waals surface area (Å²) in [6.07, 6.45) is 12.1. The van der Waals surface area contributed by atoms with Crippen LogP contribution >= 0.6 is 0 Å². The van der Waals surface area contributed by atoms with Crippen LogP contribution in [0.4, 0.5) is 11.6 Å². The molecule has 2 fully saturated rings. The zero-order chi connectivity index (χ0) is 29.9. The zero-order valence-electron chi connectivity index (χ0n) is 24.7. The maximum atomic E-state index is 13.0. The Morgan fingerprint density at radius 3 is 2.70 bits per heavy atom. The minimum atomic E-state index is -0.230. The van der Waals surface area contributed by atoms with Crippen molar-refractivity contribution in [2.45, 2.75) is 51.1 Å². The molecule has 222 valence electrons. The number of hydrogen-bond donors (Lipinski definition) is 2. The van der Waals surface area contributed by atoms with E-state index >= 15 is 0 Å². The monoisotopic (exact) mass is 578 g/mol. The molecule has 3 aliphatic rings. The number of pyridine rings is 1. The van der Waals surface area contributed by atoms with E-state index in [0.717, 1.165) is 48.2 Å². The predicted molar refractivity (Wildman–Crippen MR) is 167 cm³/mol. The summed E-state index contributed by atoms with van der Waals surface area (Å²) in [5.74, 6) is 0.841. The second-order valence-corrected chi connectivity index (χ2v) is 11.7. The van der Waals surface area contributed by atoms with Crippen molar-refractivity contribution in [1.82, 2.24) is 24.8 Å².